The molecule has 0 aromatic heterocycles. The van der Waals surface area contributed by atoms with Crippen LogP contribution in [0.4, 0.5) is 11.4 Å². The molecule has 17 heavy (non-hydrogen) atoms. The lowest BCUT2D eigenvalue weighted by Gasteiger charge is -2.04. The fourth-order valence-electron chi connectivity index (χ4n) is 1.32. The molecule has 3 N–H and O–H groups in total. The number of rotatable bonds is 5. The molecular formula is C11H15N3O3. The van der Waals surface area contributed by atoms with Crippen molar-refractivity contribution in [2.24, 2.45) is 0 Å². The van der Waals surface area contributed by atoms with E-state index in [1.54, 1.807) is 0 Å². The van der Waals surface area contributed by atoms with Crippen molar-refractivity contribution in [3.8, 4) is 0 Å². The predicted molar refractivity (Wildman–Crippen MR) is 64.8 cm³/mol. The quantitative estimate of drug-likeness (QED) is 0.352. The molecule has 1 amide bonds. The number of nitro groups is 1. The molecule has 6 heteroatoms. The van der Waals surface area contributed by atoms with Crippen LogP contribution in [-0.2, 0) is 0 Å². The number of nitrogens with one attached hydrogen (secondary N) is 1. The molecule has 0 saturated carbocycles. The lowest BCUT2D eigenvalue weighted by Crippen LogP contribution is -2.24. The highest BCUT2D eigenvalue weighted by molar-refractivity contribution is 5.95. The topological polar surface area (TPSA) is 98.3 Å². The number of unbranched alkanes of at least 4 members (excludes halogenated alkanes) is 1. The maximum Gasteiger partial charge on any atom is 0.292 e. The van der Waals surface area contributed by atoms with Gasteiger partial charge < -0.3 is 11.1 Å². The molecule has 1 rings (SSSR count). The first-order chi connectivity index (χ1) is 8.06. The number of nitrogens with two attached hydrogens (primary N) is 1. The number of amides is 1. The van der Waals surface area contributed by atoms with E-state index >= 15 is 0 Å². The molecule has 0 aliphatic heterocycles. The Kier molecular flexibility index (Phi) is 4.45. The monoisotopic (exact) mass is 237 g/mol. The Morgan fingerprint density at radius 3 is 2.82 bits per heavy atom. The van der Waals surface area contributed by atoms with E-state index in [4.69, 9.17) is 5.73 Å². The molecule has 0 fully saturated rings. The first-order valence-electron chi connectivity index (χ1n) is 5.38. The van der Waals surface area contributed by atoms with E-state index in [1.165, 1.54) is 18.2 Å². The zero-order valence-electron chi connectivity index (χ0n) is 9.60. The van der Waals surface area contributed by atoms with Crippen molar-refractivity contribution in [3.05, 3.63) is 33.9 Å². The van der Waals surface area contributed by atoms with Crippen molar-refractivity contribution in [2.45, 2.75) is 19.8 Å². The van der Waals surface area contributed by atoms with E-state index in [-0.39, 0.29) is 22.8 Å². The molecular weight excluding hydrogens is 222 g/mol. The van der Waals surface area contributed by atoms with E-state index in [0.717, 1.165) is 12.8 Å². The molecule has 0 spiro atoms. The van der Waals surface area contributed by atoms with E-state index in [9.17, 15) is 14.9 Å². The number of nitrogen functional groups attached to an aromatic ring is 1. The van der Waals surface area contributed by atoms with Crippen LogP contribution in [0.25, 0.3) is 0 Å². The smallest absolute Gasteiger partial charge is 0.292 e. The SMILES string of the molecule is CCCCNC(=O)c1ccc(N)c([N+](=O)[O-])c1. The number of carbonyl (C=O) groups excluding carboxylic acids is 1. The van der Waals surface area contributed by atoms with Crippen molar-refractivity contribution in [3.63, 3.8) is 0 Å². The summed E-state index contributed by atoms with van der Waals surface area (Å²) in [7, 11) is 0. The highest BCUT2D eigenvalue weighted by atomic mass is 16.6. The van der Waals surface area contributed by atoms with Crippen LogP contribution in [0.1, 0.15) is 30.1 Å². The second-order valence-electron chi connectivity index (χ2n) is 3.64. The van der Waals surface area contributed by atoms with Gasteiger partial charge in [-0.05, 0) is 18.6 Å². The average molecular weight is 237 g/mol. The Hall–Kier alpha value is -2.11. The Balaban J connectivity index is 2.81. The fraction of sp³-hybridized carbons (Fsp3) is 0.364. The third kappa shape index (κ3) is 3.44. The maximum atomic E-state index is 11.6. The van der Waals surface area contributed by atoms with Gasteiger partial charge in [-0.15, -0.1) is 0 Å². The van der Waals surface area contributed by atoms with Gasteiger partial charge >= 0.3 is 0 Å². The van der Waals surface area contributed by atoms with Crippen LogP contribution in [0, 0.1) is 10.1 Å². The molecule has 1 aromatic rings. The van der Waals surface area contributed by atoms with Crippen LogP contribution in [0.3, 0.4) is 0 Å². The predicted octanol–water partition coefficient (Wildman–Crippen LogP) is 1.71. The lowest BCUT2D eigenvalue weighted by molar-refractivity contribution is -0.383. The number of hydrogen-bond acceptors (Lipinski definition) is 4. The summed E-state index contributed by atoms with van der Waals surface area (Å²) < 4.78 is 0. The molecule has 6 nitrogen and oxygen atoms in total. The molecule has 0 radical (unpaired) electrons. The number of carbonyl (C=O) groups is 1. The Bertz CT molecular complexity index is 432. The van der Waals surface area contributed by atoms with Gasteiger partial charge in [0.05, 0.1) is 4.92 Å². The second-order valence-corrected chi connectivity index (χ2v) is 3.64. The Labute approximate surface area is 99.0 Å². The van der Waals surface area contributed by atoms with Gasteiger partial charge in [0, 0.05) is 18.2 Å². The van der Waals surface area contributed by atoms with Gasteiger partial charge in [0.1, 0.15) is 5.69 Å². The molecule has 0 bridgehead atoms. The van der Waals surface area contributed by atoms with E-state index < -0.39 is 4.92 Å². The lowest BCUT2D eigenvalue weighted by atomic mass is 10.1. The summed E-state index contributed by atoms with van der Waals surface area (Å²) in [6.07, 6.45) is 1.85. The van der Waals surface area contributed by atoms with Crippen LogP contribution in [-0.4, -0.2) is 17.4 Å². The molecule has 92 valence electrons. The van der Waals surface area contributed by atoms with Crippen LogP contribution < -0.4 is 11.1 Å². The molecule has 0 saturated heterocycles. The summed E-state index contributed by atoms with van der Waals surface area (Å²) in [5.41, 5.74) is 5.50. The number of nitro benzene ring substituents is 1. The Morgan fingerprint density at radius 1 is 1.53 bits per heavy atom. The molecule has 0 aliphatic carbocycles. The third-order valence-electron chi connectivity index (χ3n) is 2.31. The molecule has 0 atom stereocenters. The third-order valence-corrected chi connectivity index (χ3v) is 2.31. The number of anilines is 1. The van der Waals surface area contributed by atoms with E-state index in [2.05, 4.69) is 5.32 Å². The summed E-state index contributed by atoms with van der Waals surface area (Å²) in [4.78, 5) is 21.7. The van der Waals surface area contributed by atoms with Crippen LogP contribution >= 0.6 is 0 Å². The van der Waals surface area contributed by atoms with E-state index in [0.29, 0.717) is 6.54 Å². The summed E-state index contributed by atoms with van der Waals surface area (Å²) in [6.45, 7) is 2.58. The van der Waals surface area contributed by atoms with Gasteiger partial charge in [0.25, 0.3) is 11.6 Å². The van der Waals surface area contributed by atoms with Crippen molar-refractivity contribution in [1.29, 1.82) is 0 Å². The zero-order chi connectivity index (χ0) is 12.8. The van der Waals surface area contributed by atoms with Gasteiger partial charge in [-0.3, -0.25) is 14.9 Å². The van der Waals surface area contributed by atoms with Gasteiger partial charge in [-0.1, -0.05) is 13.3 Å². The molecule has 0 aliphatic rings. The first kappa shape index (κ1) is 13.0. The number of nitrogens with zero attached hydrogens (tertiary/aromatic N) is 1. The highest BCUT2D eigenvalue weighted by Gasteiger charge is 2.15. The standard InChI is InChI=1S/C11H15N3O3/c1-2-3-6-13-11(15)8-4-5-9(12)10(7-8)14(16)17/h4-5,7H,2-3,6,12H2,1H3,(H,13,15). The van der Waals surface area contributed by atoms with Crippen LogP contribution in [0.15, 0.2) is 18.2 Å². The first-order valence-corrected chi connectivity index (χ1v) is 5.38. The molecule has 0 heterocycles. The number of hydrogen-bond donors (Lipinski definition) is 2. The van der Waals surface area contributed by atoms with Crippen LogP contribution in [0.2, 0.25) is 0 Å². The second kappa shape index (κ2) is 5.83. The average Bonchev–Trinajstić information content (AvgIpc) is 2.29. The summed E-state index contributed by atoms with van der Waals surface area (Å²) >= 11 is 0. The minimum Gasteiger partial charge on any atom is -0.393 e. The molecule has 1 aromatic carbocycles. The van der Waals surface area contributed by atoms with Crippen molar-refractivity contribution in [2.75, 3.05) is 12.3 Å². The van der Waals surface area contributed by atoms with Crippen molar-refractivity contribution >= 4 is 17.3 Å². The van der Waals surface area contributed by atoms with Gasteiger partial charge in [-0.2, -0.15) is 0 Å². The maximum absolute atomic E-state index is 11.6. The van der Waals surface area contributed by atoms with Gasteiger partial charge in [0.2, 0.25) is 0 Å². The normalized spacial score (nSPS) is 9.94. The summed E-state index contributed by atoms with van der Waals surface area (Å²) in [5.74, 6) is -0.318. The minimum atomic E-state index is -0.599. The zero-order valence-corrected chi connectivity index (χ0v) is 9.60. The highest BCUT2D eigenvalue weighted by Crippen LogP contribution is 2.22. The van der Waals surface area contributed by atoms with E-state index in [1.807, 2.05) is 6.92 Å². The largest absolute Gasteiger partial charge is 0.393 e. The van der Waals surface area contributed by atoms with Crippen molar-refractivity contribution in [1.82, 2.24) is 5.32 Å². The van der Waals surface area contributed by atoms with Crippen LogP contribution in [0.5, 0.6) is 0 Å². The summed E-state index contributed by atoms with van der Waals surface area (Å²) in [5, 5.41) is 13.3. The van der Waals surface area contributed by atoms with Crippen molar-refractivity contribution < 1.29 is 9.72 Å². The minimum absolute atomic E-state index is 0.0557. The summed E-state index contributed by atoms with van der Waals surface area (Å²) in [6, 6.07) is 4.03. The van der Waals surface area contributed by atoms with Gasteiger partial charge in [0.15, 0.2) is 0 Å². The van der Waals surface area contributed by atoms with Gasteiger partial charge in [-0.25, -0.2) is 0 Å². The Morgan fingerprint density at radius 2 is 2.24 bits per heavy atom. The molecule has 0 unspecified atom stereocenters. The number of benzene rings is 1. The fourth-order valence-corrected chi connectivity index (χ4v) is 1.32.